The molecule has 0 saturated carbocycles. The summed E-state index contributed by atoms with van der Waals surface area (Å²) in [5.41, 5.74) is 2.27. The SMILES string of the molecule is COc1cccc2c3c(oc12)CC(C)N(C)CC3. The van der Waals surface area contributed by atoms with Gasteiger partial charge in [0.2, 0.25) is 0 Å². The van der Waals surface area contributed by atoms with E-state index in [0.29, 0.717) is 6.04 Å². The molecule has 2 aromatic rings. The number of nitrogens with zero attached hydrogens (tertiary/aromatic N) is 1. The van der Waals surface area contributed by atoms with Gasteiger partial charge in [0.1, 0.15) is 5.76 Å². The van der Waals surface area contributed by atoms with E-state index in [0.717, 1.165) is 36.5 Å². The zero-order valence-corrected chi connectivity index (χ0v) is 11.2. The number of methoxy groups -OCH3 is 1. The number of fused-ring (bicyclic) bond motifs is 3. The van der Waals surface area contributed by atoms with Crippen LogP contribution in [0.25, 0.3) is 11.0 Å². The Balaban J connectivity index is 2.16. The lowest BCUT2D eigenvalue weighted by Crippen LogP contribution is -2.30. The second-order valence-electron chi connectivity index (χ2n) is 5.12. The van der Waals surface area contributed by atoms with Crippen molar-refractivity contribution >= 4 is 11.0 Å². The predicted molar refractivity (Wildman–Crippen MR) is 72.3 cm³/mol. The molecule has 1 aliphatic rings. The molecule has 1 aromatic carbocycles. The van der Waals surface area contributed by atoms with Crippen molar-refractivity contribution in [3.8, 4) is 5.75 Å². The fourth-order valence-corrected chi connectivity index (χ4v) is 2.73. The number of likely N-dealkylation sites (N-methyl/N-ethyl adjacent to an activating group) is 1. The largest absolute Gasteiger partial charge is 0.493 e. The van der Waals surface area contributed by atoms with Gasteiger partial charge < -0.3 is 14.1 Å². The topological polar surface area (TPSA) is 25.6 Å². The number of furan rings is 1. The summed E-state index contributed by atoms with van der Waals surface area (Å²) in [6, 6.07) is 6.66. The van der Waals surface area contributed by atoms with Crippen LogP contribution in [0.1, 0.15) is 18.2 Å². The van der Waals surface area contributed by atoms with Gasteiger partial charge in [-0.15, -0.1) is 0 Å². The Kier molecular flexibility index (Phi) is 2.78. The van der Waals surface area contributed by atoms with Crippen LogP contribution in [0.4, 0.5) is 0 Å². The first-order chi connectivity index (χ1) is 8.70. The molecular weight excluding hydrogens is 226 g/mol. The summed E-state index contributed by atoms with van der Waals surface area (Å²) in [7, 11) is 3.87. The lowest BCUT2D eigenvalue weighted by molar-refractivity contribution is 0.261. The molecule has 0 amide bonds. The Morgan fingerprint density at radius 3 is 3.00 bits per heavy atom. The molecule has 0 spiro atoms. The van der Waals surface area contributed by atoms with Crippen LogP contribution in [0.3, 0.4) is 0 Å². The fourth-order valence-electron chi connectivity index (χ4n) is 2.73. The van der Waals surface area contributed by atoms with Gasteiger partial charge in [-0.2, -0.15) is 0 Å². The summed E-state index contributed by atoms with van der Waals surface area (Å²) >= 11 is 0. The van der Waals surface area contributed by atoms with Gasteiger partial charge in [0.25, 0.3) is 0 Å². The van der Waals surface area contributed by atoms with Crippen molar-refractivity contribution in [1.82, 2.24) is 4.90 Å². The molecule has 1 aromatic heterocycles. The third kappa shape index (κ3) is 1.70. The van der Waals surface area contributed by atoms with Crippen molar-refractivity contribution in [1.29, 1.82) is 0 Å². The second kappa shape index (κ2) is 4.32. The Bertz CT molecular complexity index is 573. The fraction of sp³-hybridized carbons (Fsp3) is 0.467. The van der Waals surface area contributed by atoms with E-state index >= 15 is 0 Å². The van der Waals surface area contributed by atoms with Crippen LogP contribution in [-0.2, 0) is 12.8 Å². The predicted octanol–water partition coefficient (Wildman–Crippen LogP) is 2.86. The van der Waals surface area contributed by atoms with Crippen LogP contribution in [0.5, 0.6) is 5.75 Å². The molecule has 1 aliphatic heterocycles. The van der Waals surface area contributed by atoms with Gasteiger partial charge in [-0.25, -0.2) is 0 Å². The highest BCUT2D eigenvalue weighted by atomic mass is 16.5. The highest BCUT2D eigenvalue weighted by Crippen LogP contribution is 2.35. The molecule has 0 N–H and O–H groups in total. The van der Waals surface area contributed by atoms with E-state index in [1.807, 2.05) is 12.1 Å². The average Bonchev–Trinajstić information content (AvgIpc) is 2.66. The Morgan fingerprint density at radius 2 is 2.22 bits per heavy atom. The van der Waals surface area contributed by atoms with Gasteiger partial charge in [-0.1, -0.05) is 12.1 Å². The molecular formula is C15H19NO2. The molecule has 3 rings (SSSR count). The first-order valence-electron chi connectivity index (χ1n) is 6.48. The quantitative estimate of drug-likeness (QED) is 0.772. The number of benzene rings is 1. The molecule has 0 saturated heterocycles. The van der Waals surface area contributed by atoms with Gasteiger partial charge >= 0.3 is 0 Å². The van der Waals surface area contributed by atoms with E-state index in [9.17, 15) is 0 Å². The summed E-state index contributed by atoms with van der Waals surface area (Å²) in [4.78, 5) is 2.39. The van der Waals surface area contributed by atoms with Gasteiger partial charge in [-0.3, -0.25) is 0 Å². The van der Waals surface area contributed by atoms with Crippen LogP contribution >= 0.6 is 0 Å². The van der Waals surface area contributed by atoms with Gasteiger partial charge in [-0.05, 0) is 26.5 Å². The third-order valence-corrected chi connectivity index (χ3v) is 4.03. The first kappa shape index (κ1) is 11.6. The molecule has 2 heterocycles. The van der Waals surface area contributed by atoms with E-state index in [4.69, 9.17) is 9.15 Å². The smallest absolute Gasteiger partial charge is 0.176 e. The summed E-state index contributed by atoms with van der Waals surface area (Å²) in [5, 5.41) is 1.21. The standard InChI is InChI=1S/C15H19NO2/c1-10-9-14-11(7-8-16(10)2)12-5-4-6-13(17-3)15(12)18-14/h4-6,10H,7-9H2,1-3H3. The van der Waals surface area contributed by atoms with Crippen LogP contribution in [-0.4, -0.2) is 31.6 Å². The van der Waals surface area contributed by atoms with Crippen LogP contribution in [0.2, 0.25) is 0 Å². The van der Waals surface area contributed by atoms with Gasteiger partial charge in [0.15, 0.2) is 11.3 Å². The van der Waals surface area contributed by atoms with Crippen molar-refractivity contribution in [2.45, 2.75) is 25.8 Å². The minimum atomic E-state index is 0.526. The van der Waals surface area contributed by atoms with Crippen LogP contribution in [0.15, 0.2) is 22.6 Å². The van der Waals surface area contributed by atoms with Gasteiger partial charge in [0.05, 0.1) is 7.11 Å². The van der Waals surface area contributed by atoms with Gasteiger partial charge in [0, 0.05) is 30.0 Å². The summed E-state index contributed by atoms with van der Waals surface area (Å²) in [6.07, 6.45) is 2.03. The summed E-state index contributed by atoms with van der Waals surface area (Å²) in [6.45, 7) is 3.33. The minimum absolute atomic E-state index is 0.526. The molecule has 1 unspecified atom stereocenters. The highest BCUT2D eigenvalue weighted by Gasteiger charge is 2.23. The lowest BCUT2D eigenvalue weighted by atomic mass is 10.1. The number of rotatable bonds is 1. The van der Waals surface area contributed by atoms with Crippen molar-refractivity contribution in [2.24, 2.45) is 0 Å². The monoisotopic (exact) mass is 245 g/mol. The first-order valence-corrected chi connectivity index (χ1v) is 6.48. The molecule has 0 fully saturated rings. The van der Waals surface area contributed by atoms with E-state index in [1.165, 1.54) is 10.9 Å². The lowest BCUT2D eigenvalue weighted by Gasteiger charge is -2.20. The molecule has 0 radical (unpaired) electrons. The Morgan fingerprint density at radius 1 is 1.39 bits per heavy atom. The summed E-state index contributed by atoms with van der Waals surface area (Å²) in [5.74, 6) is 1.97. The van der Waals surface area contributed by atoms with Crippen molar-refractivity contribution < 1.29 is 9.15 Å². The molecule has 3 heteroatoms. The zero-order chi connectivity index (χ0) is 12.7. The molecule has 96 valence electrons. The Labute approximate surface area is 107 Å². The maximum Gasteiger partial charge on any atom is 0.176 e. The maximum atomic E-state index is 6.06. The number of hydrogen-bond acceptors (Lipinski definition) is 3. The maximum absolute atomic E-state index is 6.06. The third-order valence-electron chi connectivity index (χ3n) is 4.03. The van der Waals surface area contributed by atoms with Crippen molar-refractivity contribution in [3.63, 3.8) is 0 Å². The molecule has 3 nitrogen and oxygen atoms in total. The van der Waals surface area contributed by atoms with E-state index < -0.39 is 0 Å². The van der Waals surface area contributed by atoms with E-state index in [1.54, 1.807) is 7.11 Å². The van der Waals surface area contributed by atoms with E-state index in [-0.39, 0.29) is 0 Å². The van der Waals surface area contributed by atoms with Crippen LogP contribution in [0, 0.1) is 0 Å². The number of ether oxygens (including phenoxy) is 1. The molecule has 18 heavy (non-hydrogen) atoms. The number of hydrogen-bond donors (Lipinski definition) is 0. The zero-order valence-electron chi connectivity index (χ0n) is 11.2. The second-order valence-corrected chi connectivity index (χ2v) is 5.12. The Hall–Kier alpha value is -1.48. The van der Waals surface area contributed by atoms with E-state index in [2.05, 4.69) is 24.9 Å². The normalized spacial score (nSPS) is 20.7. The van der Waals surface area contributed by atoms with Crippen molar-refractivity contribution in [2.75, 3.05) is 20.7 Å². The minimum Gasteiger partial charge on any atom is -0.493 e. The highest BCUT2D eigenvalue weighted by molar-refractivity contribution is 5.87. The van der Waals surface area contributed by atoms with Crippen molar-refractivity contribution in [3.05, 3.63) is 29.5 Å². The number of para-hydroxylation sites is 1. The molecule has 0 bridgehead atoms. The summed E-state index contributed by atoms with van der Waals surface area (Å²) < 4.78 is 11.4. The molecule has 0 aliphatic carbocycles. The average molecular weight is 245 g/mol. The molecule has 1 atom stereocenters. The van der Waals surface area contributed by atoms with Crippen LogP contribution < -0.4 is 4.74 Å².